The molecule has 12 heavy (non-hydrogen) atoms. The maximum atomic E-state index is 10.3. The topological polar surface area (TPSA) is 84.6 Å². The van der Waals surface area contributed by atoms with E-state index in [0.29, 0.717) is 6.29 Å². The number of carbonyl (C=O) groups excluding carboxylic acids is 1. The van der Waals surface area contributed by atoms with Crippen LogP contribution in [-0.2, 0) is 10.1 Å². The van der Waals surface area contributed by atoms with Gasteiger partial charge >= 0.3 is 39.7 Å². The Morgan fingerprint density at radius 1 is 1.50 bits per heavy atom. The van der Waals surface area contributed by atoms with E-state index in [2.05, 4.69) is 4.42 Å². The molecule has 0 aliphatic carbocycles. The summed E-state index contributed by atoms with van der Waals surface area (Å²) in [5, 5.41) is -0.625. The average molecular weight is 200 g/mol. The molecule has 0 atom stereocenters. The van der Waals surface area contributed by atoms with Gasteiger partial charge in [-0.05, 0) is 12.1 Å². The monoisotopic (exact) mass is 200 g/mol. The normalized spacial score (nSPS) is 10.4. The third-order valence-electron chi connectivity index (χ3n) is 0.973. The fourth-order valence-electron chi connectivity index (χ4n) is 0.536. The van der Waals surface area contributed by atoms with Gasteiger partial charge in [-0.1, -0.05) is 0 Å². The minimum atomic E-state index is -4.32. The Hall–Kier alpha value is -0.140. The van der Waals surface area contributed by atoms with E-state index >= 15 is 0 Å². The zero-order chi connectivity index (χ0) is 8.48. The van der Waals surface area contributed by atoms with E-state index < -0.39 is 15.2 Å². The summed E-state index contributed by atoms with van der Waals surface area (Å²) in [5.74, 6) is -0.141. The van der Waals surface area contributed by atoms with Gasteiger partial charge in [-0.3, -0.25) is 9.35 Å². The van der Waals surface area contributed by atoms with Crippen LogP contribution in [0.1, 0.15) is 12.0 Å². The van der Waals surface area contributed by atoms with Crippen molar-refractivity contribution in [1.29, 1.82) is 0 Å². The van der Waals surface area contributed by atoms with Crippen LogP contribution in [0.5, 0.6) is 0 Å². The first-order valence-electron chi connectivity index (χ1n) is 2.56. The van der Waals surface area contributed by atoms with Gasteiger partial charge in [0.2, 0.25) is 5.09 Å². The molecule has 0 spiro atoms. The first kappa shape index (κ1) is 11.9. The van der Waals surface area contributed by atoms with Crippen molar-refractivity contribution in [2.75, 3.05) is 0 Å². The van der Waals surface area contributed by atoms with Crippen molar-refractivity contribution in [3.8, 4) is 0 Å². The largest absolute Gasteiger partial charge is 1.00 e. The zero-order valence-electron chi connectivity index (χ0n) is 7.22. The van der Waals surface area contributed by atoms with Gasteiger partial charge in [-0.25, -0.2) is 0 Å². The SMILES string of the molecule is O=Cc1ccc(S(=O)(=O)O)o1.[H-].[Na+]. The predicted octanol–water partition coefficient (Wildman–Crippen LogP) is -2.54. The minimum Gasteiger partial charge on any atom is -1.00 e. The van der Waals surface area contributed by atoms with E-state index in [0.717, 1.165) is 12.1 Å². The third-order valence-corrected chi connectivity index (χ3v) is 1.70. The Bertz CT molecular complexity index is 370. The number of rotatable bonds is 2. The van der Waals surface area contributed by atoms with Crippen LogP contribution >= 0.6 is 0 Å². The summed E-state index contributed by atoms with van der Waals surface area (Å²) < 4.78 is 33.4. The van der Waals surface area contributed by atoms with Crippen LogP contribution in [0.2, 0.25) is 0 Å². The summed E-state index contributed by atoms with van der Waals surface area (Å²) >= 11 is 0. The van der Waals surface area contributed by atoms with Gasteiger partial charge < -0.3 is 5.84 Å². The number of hydrogen-bond acceptors (Lipinski definition) is 4. The first-order valence-corrected chi connectivity index (χ1v) is 4.00. The van der Waals surface area contributed by atoms with Crippen LogP contribution in [0, 0.1) is 0 Å². The van der Waals surface area contributed by atoms with Crippen LogP contribution in [0.4, 0.5) is 0 Å². The Labute approximate surface area is 92.3 Å². The van der Waals surface area contributed by atoms with Crippen molar-refractivity contribution in [1.82, 2.24) is 0 Å². The summed E-state index contributed by atoms with van der Waals surface area (Å²) in [6.45, 7) is 0. The molecule has 1 N–H and O–H groups in total. The molecule has 0 saturated carbocycles. The first-order chi connectivity index (χ1) is 5.04. The molecule has 5 nitrogen and oxygen atoms in total. The molecule has 0 aliphatic heterocycles. The Kier molecular flexibility index (Phi) is 4.15. The predicted molar refractivity (Wildman–Crippen MR) is 35.0 cm³/mol. The van der Waals surface area contributed by atoms with Gasteiger partial charge in [0.25, 0.3) is 0 Å². The number of furan rings is 1. The summed E-state index contributed by atoms with van der Waals surface area (Å²) in [6.07, 6.45) is 0.342. The molecular weight excluding hydrogens is 195 g/mol. The van der Waals surface area contributed by atoms with Crippen LogP contribution in [0.25, 0.3) is 0 Å². The van der Waals surface area contributed by atoms with Gasteiger partial charge in [0.1, 0.15) is 0 Å². The fraction of sp³-hybridized carbons (Fsp3) is 0. The van der Waals surface area contributed by atoms with E-state index in [-0.39, 0.29) is 36.7 Å². The molecule has 0 radical (unpaired) electrons. The van der Waals surface area contributed by atoms with Gasteiger partial charge in [-0.15, -0.1) is 0 Å². The average Bonchev–Trinajstić information content (AvgIpc) is 2.32. The summed E-state index contributed by atoms with van der Waals surface area (Å²) in [7, 11) is -4.32. The third kappa shape index (κ3) is 2.72. The molecule has 0 bridgehead atoms. The molecular formula is C5H5NaO5S. The fourth-order valence-corrected chi connectivity index (χ4v) is 0.978. The van der Waals surface area contributed by atoms with Crippen LogP contribution in [0.3, 0.4) is 0 Å². The van der Waals surface area contributed by atoms with Crippen molar-refractivity contribution in [2.24, 2.45) is 0 Å². The van der Waals surface area contributed by atoms with E-state index in [1.165, 1.54) is 0 Å². The maximum absolute atomic E-state index is 10.3. The van der Waals surface area contributed by atoms with Gasteiger partial charge in [0.05, 0.1) is 0 Å². The molecule has 0 aliphatic rings. The smallest absolute Gasteiger partial charge is 1.00 e. The molecule has 0 fully saturated rings. The van der Waals surface area contributed by atoms with Crippen molar-refractivity contribution >= 4 is 16.4 Å². The van der Waals surface area contributed by atoms with Crippen molar-refractivity contribution < 1.29 is 53.2 Å². The molecule has 0 amide bonds. The Balaban J connectivity index is 0. The number of hydrogen-bond donors (Lipinski definition) is 1. The molecule has 7 heteroatoms. The van der Waals surface area contributed by atoms with E-state index in [9.17, 15) is 13.2 Å². The molecule has 0 unspecified atom stereocenters. The second kappa shape index (κ2) is 4.20. The number of carbonyl (C=O) groups is 1. The van der Waals surface area contributed by atoms with Crippen molar-refractivity contribution in [3.05, 3.63) is 17.9 Å². The molecule has 1 aromatic rings. The molecule has 1 aromatic heterocycles. The van der Waals surface area contributed by atoms with Crippen LogP contribution in [-0.4, -0.2) is 19.3 Å². The Morgan fingerprint density at radius 3 is 2.33 bits per heavy atom. The van der Waals surface area contributed by atoms with Gasteiger partial charge in [0.15, 0.2) is 12.0 Å². The van der Waals surface area contributed by atoms with Crippen molar-refractivity contribution in [2.45, 2.75) is 5.09 Å². The molecule has 1 heterocycles. The maximum Gasteiger partial charge on any atom is 1.00 e. The molecule has 0 aromatic carbocycles. The molecule has 1 rings (SSSR count). The second-order valence-corrected chi connectivity index (χ2v) is 3.10. The minimum absolute atomic E-state index is 0. The standard InChI is InChI=1S/C5H4O5S.Na.H/c6-3-4-1-2-5(10-4)11(7,8)9;;/h1-3H,(H,7,8,9);;/q;+1;-1. The van der Waals surface area contributed by atoms with Crippen LogP contribution < -0.4 is 29.6 Å². The van der Waals surface area contributed by atoms with E-state index in [1.807, 2.05) is 0 Å². The van der Waals surface area contributed by atoms with Gasteiger partial charge in [-0.2, -0.15) is 8.42 Å². The summed E-state index contributed by atoms with van der Waals surface area (Å²) in [6, 6.07) is 2.15. The molecule has 62 valence electrons. The summed E-state index contributed by atoms with van der Waals surface area (Å²) in [4.78, 5) is 9.98. The van der Waals surface area contributed by atoms with Crippen molar-refractivity contribution in [3.63, 3.8) is 0 Å². The molecule has 0 saturated heterocycles. The van der Waals surface area contributed by atoms with Gasteiger partial charge in [0, 0.05) is 0 Å². The number of aldehydes is 1. The van der Waals surface area contributed by atoms with E-state index in [4.69, 9.17) is 4.55 Å². The quantitative estimate of drug-likeness (QED) is 0.323. The van der Waals surface area contributed by atoms with Crippen LogP contribution in [0.15, 0.2) is 21.6 Å². The zero-order valence-corrected chi connectivity index (χ0v) is 9.04. The summed E-state index contributed by atoms with van der Waals surface area (Å²) in [5.41, 5.74) is 0. The second-order valence-electron chi connectivity index (χ2n) is 1.75. The Morgan fingerprint density at radius 2 is 2.08 bits per heavy atom. The van der Waals surface area contributed by atoms with E-state index in [1.54, 1.807) is 0 Å².